The number of β-amino-alcohol motifs (C(OH)–C–C–N with tert-alkyl or cyclic N) is 1. The molecule has 1 N–H and O–H groups in total. The average molecular weight is 406 g/mol. The first-order chi connectivity index (χ1) is 13.5. The zero-order chi connectivity index (χ0) is 19.6. The topological polar surface area (TPSA) is 76.1 Å². The van der Waals surface area contributed by atoms with Crippen molar-refractivity contribution in [3.05, 3.63) is 23.8 Å². The number of nitrogens with zero attached hydrogens (tertiary/aromatic N) is 1. The van der Waals surface area contributed by atoms with E-state index in [0.29, 0.717) is 12.8 Å². The lowest BCUT2D eigenvalue weighted by atomic mass is 9.76. The number of likely N-dealkylation sites (tertiary alicyclic amines) is 1. The Balaban J connectivity index is 1.25. The van der Waals surface area contributed by atoms with Crippen LogP contribution in [0.25, 0.3) is 0 Å². The summed E-state index contributed by atoms with van der Waals surface area (Å²) in [5.41, 5.74) is 1.06. The maximum Gasteiger partial charge on any atom is 0.229 e. The van der Waals surface area contributed by atoms with Crippen LogP contribution >= 0.6 is 12.0 Å². The summed E-state index contributed by atoms with van der Waals surface area (Å²) in [6, 6.07) is 5.92. The quantitative estimate of drug-likeness (QED) is 0.579. The molecule has 6 nitrogen and oxygen atoms in total. The third-order valence-corrected chi connectivity index (χ3v) is 6.71. The standard InChI is InChI=1S/C21H27NO5S/c23-16(13-22-19(24)11-21(12-20(22)25)7-1-2-8-21)14-27-28-17-5-6-18-15(10-17)4-3-9-26-18/h5-6,10,16,23H,1-4,7-9,11-14H2. The van der Waals surface area contributed by atoms with Gasteiger partial charge in [-0.05, 0) is 54.9 Å². The van der Waals surface area contributed by atoms with Crippen molar-refractivity contribution in [2.75, 3.05) is 19.8 Å². The Hall–Kier alpha value is -1.57. The van der Waals surface area contributed by atoms with E-state index < -0.39 is 6.10 Å². The minimum atomic E-state index is -0.890. The smallest absolute Gasteiger partial charge is 0.229 e. The Bertz CT molecular complexity index is 726. The summed E-state index contributed by atoms with van der Waals surface area (Å²) in [6.45, 7) is 0.823. The Morgan fingerprint density at radius 3 is 2.68 bits per heavy atom. The molecule has 1 spiro atoms. The van der Waals surface area contributed by atoms with Crippen LogP contribution in [-0.4, -0.2) is 47.7 Å². The fraction of sp³-hybridized carbons (Fsp3) is 0.619. The molecular weight excluding hydrogens is 378 g/mol. The van der Waals surface area contributed by atoms with E-state index >= 15 is 0 Å². The van der Waals surface area contributed by atoms with E-state index in [2.05, 4.69) is 0 Å². The maximum absolute atomic E-state index is 12.5. The molecule has 1 saturated heterocycles. The summed E-state index contributed by atoms with van der Waals surface area (Å²) in [7, 11) is 0. The molecule has 2 aliphatic heterocycles. The van der Waals surface area contributed by atoms with Crippen LogP contribution in [0, 0.1) is 5.41 Å². The number of imide groups is 1. The molecule has 1 saturated carbocycles. The molecule has 1 aromatic carbocycles. The summed E-state index contributed by atoms with van der Waals surface area (Å²) in [5.74, 6) is 0.622. The summed E-state index contributed by atoms with van der Waals surface area (Å²) in [6.07, 6.45) is 6.10. The predicted molar refractivity (Wildman–Crippen MR) is 105 cm³/mol. The molecule has 7 heteroatoms. The second-order valence-electron chi connectivity index (χ2n) is 8.20. The van der Waals surface area contributed by atoms with Gasteiger partial charge >= 0.3 is 0 Å². The van der Waals surface area contributed by atoms with Gasteiger partial charge in [0.05, 0.1) is 25.9 Å². The van der Waals surface area contributed by atoms with Gasteiger partial charge in [-0.15, -0.1) is 0 Å². The average Bonchev–Trinajstić information content (AvgIpc) is 3.12. The van der Waals surface area contributed by atoms with E-state index in [1.807, 2.05) is 18.2 Å². The lowest BCUT2D eigenvalue weighted by Crippen LogP contribution is -2.50. The lowest BCUT2D eigenvalue weighted by molar-refractivity contribution is -0.155. The van der Waals surface area contributed by atoms with Crippen LogP contribution in [0.2, 0.25) is 0 Å². The summed E-state index contributed by atoms with van der Waals surface area (Å²) >= 11 is 1.20. The third kappa shape index (κ3) is 4.36. The number of hydrogen-bond acceptors (Lipinski definition) is 6. The zero-order valence-electron chi connectivity index (χ0n) is 16.0. The van der Waals surface area contributed by atoms with E-state index in [1.54, 1.807) is 0 Å². The SMILES string of the molecule is O=C1CC2(CCCC2)CC(=O)N1CC(O)COSc1ccc2c(c1)CCCO2. The molecule has 1 aliphatic carbocycles. The number of ether oxygens (including phenoxy) is 1. The fourth-order valence-electron chi connectivity index (χ4n) is 4.55. The summed E-state index contributed by atoms with van der Waals surface area (Å²) in [5, 5.41) is 10.3. The number of amides is 2. The highest BCUT2D eigenvalue weighted by Gasteiger charge is 2.45. The van der Waals surface area contributed by atoms with E-state index in [-0.39, 0.29) is 30.4 Å². The van der Waals surface area contributed by atoms with Gasteiger partial charge in [-0.3, -0.25) is 14.5 Å². The minimum absolute atomic E-state index is 0.00628. The maximum atomic E-state index is 12.5. The number of aryl methyl sites for hydroxylation is 1. The number of fused-ring (bicyclic) bond motifs is 1. The summed E-state index contributed by atoms with van der Waals surface area (Å²) < 4.78 is 11.2. The normalized spacial score (nSPS) is 22.2. The molecular formula is C21H27NO5S. The Labute approximate surface area is 169 Å². The van der Waals surface area contributed by atoms with Gasteiger partial charge in [0.1, 0.15) is 5.75 Å². The minimum Gasteiger partial charge on any atom is -0.493 e. The number of aliphatic hydroxyl groups excluding tert-OH is 1. The highest BCUT2D eigenvalue weighted by Crippen LogP contribution is 2.46. The van der Waals surface area contributed by atoms with Crippen molar-refractivity contribution in [2.45, 2.75) is 62.4 Å². The van der Waals surface area contributed by atoms with Crippen LogP contribution in [0.1, 0.15) is 50.5 Å². The molecule has 0 radical (unpaired) electrons. The van der Waals surface area contributed by atoms with Gasteiger partial charge in [-0.2, -0.15) is 0 Å². The van der Waals surface area contributed by atoms with Gasteiger partial charge in [-0.1, -0.05) is 12.8 Å². The van der Waals surface area contributed by atoms with Gasteiger partial charge < -0.3 is 14.0 Å². The molecule has 1 unspecified atom stereocenters. The molecule has 0 aromatic heterocycles. The molecule has 2 amide bonds. The number of hydrogen-bond donors (Lipinski definition) is 1. The number of carbonyl (C=O) groups is 2. The van der Waals surface area contributed by atoms with E-state index in [0.717, 1.165) is 55.8 Å². The zero-order valence-corrected chi connectivity index (χ0v) is 16.8. The van der Waals surface area contributed by atoms with E-state index in [9.17, 15) is 14.7 Å². The molecule has 2 heterocycles. The number of benzene rings is 1. The predicted octanol–water partition coefficient (Wildman–Crippen LogP) is 3.11. The fourth-order valence-corrected chi connectivity index (χ4v) is 5.22. The van der Waals surface area contributed by atoms with Crippen LogP contribution in [0.5, 0.6) is 5.75 Å². The van der Waals surface area contributed by atoms with Crippen molar-refractivity contribution in [2.24, 2.45) is 5.41 Å². The number of aliphatic hydroxyl groups is 1. The van der Waals surface area contributed by atoms with Gasteiger partial charge in [0.2, 0.25) is 11.8 Å². The van der Waals surface area contributed by atoms with Crippen molar-refractivity contribution in [3.63, 3.8) is 0 Å². The van der Waals surface area contributed by atoms with Crippen molar-refractivity contribution >= 4 is 23.9 Å². The first-order valence-electron chi connectivity index (χ1n) is 10.1. The first-order valence-corrected chi connectivity index (χ1v) is 10.9. The highest BCUT2D eigenvalue weighted by atomic mass is 32.2. The molecule has 0 bridgehead atoms. The van der Waals surface area contributed by atoms with Crippen LogP contribution in [0.4, 0.5) is 0 Å². The summed E-state index contributed by atoms with van der Waals surface area (Å²) in [4.78, 5) is 27.1. The second kappa shape index (κ2) is 8.43. The van der Waals surface area contributed by atoms with Crippen LogP contribution in [0.3, 0.4) is 0 Å². The molecule has 1 aromatic rings. The Morgan fingerprint density at radius 1 is 1.18 bits per heavy atom. The number of rotatable bonds is 6. The molecule has 4 rings (SSSR count). The third-order valence-electron chi connectivity index (χ3n) is 6.01. The van der Waals surface area contributed by atoms with Crippen molar-refractivity contribution in [3.8, 4) is 5.75 Å². The van der Waals surface area contributed by atoms with Crippen molar-refractivity contribution in [1.82, 2.24) is 4.90 Å². The van der Waals surface area contributed by atoms with Gasteiger partial charge in [0, 0.05) is 29.8 Å². The largest absolute Gasteiger partial charge is 0.493 e. The van der Waals surface area contributed by atoms with Crippen molar-refractivity contribution in [1.29, 1.82) is 0 Å². The molecule has 2 fully saturated rings. The highest BCUT2D eigenvalue weighted by molar-refractivity contribution is 7.94. The van der Waals surface area contributed by atoms with E-state index in [4.69, 9.17) is 8.92 Å². The molecule has 28 heavy (non-hydrogen) atoms. The number of carbonyl (C=O) groups excluding carboxylic acids is 2. The lowest BCUT2D eigenvalue weighted by Gasteiger charge is -2.37. The molecule has 3 aliphatic rings. The van der Waals surface area contributed by atoms with Gasteiger partial charge in [-0.25, -0.2) is 0 Å². The molecule has 1 atom stereocenters. The number of piperidine rings is 1. The molecule has 152 valence electrons. The monoisotopic (exact) mass is 405 g/mol. The Kier molecular flexibility index (Phi) is 5.94. The van der Waals surface area contributed by atoms with E-state index in [1.165, 1.54) is 22.5 Å². The second-order valence-corrected chi connectivity index (χ2v) is 9.08. The van der Waals surface area contributed by atoms with Crippen molar-refractivity contribution < 1.29 is 23.6 Å². The van der Waals surface area contributed by atoms with Crippen LogP contribution in [0.15, 0.2) is 23.1 Å². The van der Waals surface area contributed by atoms with Gasteiger partial charge in [0.15, 0.2) is 0 Å². The van der Waals surface area contributed by atoms with Crippen LogP contribution in [-0.2, 0) is 20.2 Å². The van der Waals surface area contributed by atoms with Gasteiger partial charge in [0.25, 0.3) is 0 Å². The van der Waals surface area contributed by atoms with Crippen LogP contribution < -0.4 is 4.74 Å². The Morgan fingerprint density at radius 2 is 1.93 bits per heavy atom. The first kappa shape index (κ1) is 19.7.